The Bertz CT molecular complexity index is 235. The molecule has 2 N–H and O–H groups in total. The van der Waals surface area contributed by atoms with Gasteiger partial charge in [-0.05, 0) is 46.1 Å². The minimum Gasteiger partial charge on any atom is -0.336 e. The predicted molar refractivity (Wildman–Crippen MR) is 71.2 cm³/mol. The van der Waals surface area contributed by atoms with E-state index in [9.17, 15) is 4.79 Å². The fraction of sp³-hybridized carbons (Fsp3) is 0.923. The van der Waals surface area contributed by atoms with E-state index < -0.39 is 0 Å². The van der Waals surface area contributed by atoms with E-state index in [1.165, 1.54) is 12.8 Å². The van der Waals surface area contributed by atoms with Crippen molar-refractivity contribution in [1.82, 2.24) is 15.5 Å². The van der Waals surface area contributed by atoms with Gasteiger partial charge in [0.25, 0.3) is 0 Å². The summed E-state index contributed by atoms with van der Waals surface area (Å²) in [6, 6.07) is 1.33. The topological polar surface area (TPSA) is 44.4 Å². The van der Waals surface area contributed by atoms with E-state index in [1.807, 2.05) is 25.8 Å². The standard InChI is InChI=1S/C13H27N3O/c1-5-14-11-6-8-12(9-7-11)16(4)13(17)15-10(2)3/h10-12,14H,5-9H2,1-4H3,(H,15,17). The van der Waals surface area contributed by atoms with Gasteiger partial charge in [-0.3, -0.25) is 0 Å². The molecule has 0 bridgehead atoms. The third kappa shape index (κ3) is 4.54. The maximum Gasteiger partial charge on any atom is 0.317 e. The van der Waals surface area contributed by atoms with Gasteiger partial charge >= 0.3 is 6.03 Å². The molecule has 0 aliphatic heterocycles. The molecule has 0 heterocycles. The number of carbonyl (C=O) groups excluding carboxylic acids is 1. The molecule has 100 valence electrons. The van der Waals surface area contributed by atoms with E-state index in [0.717, 1.165) is 19.4 Å². The van der Waals surface area contributed by atoms with E-state index in [2.05, 4.69) is 17.6 Å². The van der Waals surface area contributed by atoms with Gasteiger partial charge in [-0.25, -0.2) is 4.79 Å². The second-order valence-corrected chi connectivity index (χ2v) is 5.28. The van der Waals surface area contributed by atoms with Crippen LogP contribution in [0.15, 0.2) is 0 Å². The van der Waals surface area contributed by atoms with Crippen LogP contribution in [-0.4, -0.2) is 42.6 Å². The number of urea groups is 1. The molecule has 4 heteroatoms. The number of amides is 2. The first-order valence-electron chi connectivity index (χ1n) is 6.81. The molecular formula is C13H27N3O. The molecule has 0 radical (unpaired) electrons. The average molecular weight is 241 g/mol. The van der Waals surface area contributed by atoms with Gasteiger partial charge < -0.3 is 15.5 Å². The summed E-state index contributed by atoms with van der Waals surface area (Å²) in [4.78, 5) is 13.7. The lowest BCUT2D eigenvalue weighted by molar-refractivity contribution is 0.164. The van der Waals surface area contributed by atoms with Gasteiger partial charge in [-0.2, -0.15) is 0 Å². The van der Waals surface area contributed by atoms with Crippen molar-refractivity contribution in [3.63, 3.8) is 0 Å². The van der Waals surface area contributed by atoms with Crippen LogP contribution < -0.4 is 10.6 Å². The molecule has 0 spiro atoms. The molecule has 2 amide bonds. The molecule has 1 aliphatic carbocycles. The molecule has 0 atom stereocenters. The molecule has 0 aromatic heterocycles. The summed E-state index contributed by atoms with van der Waals surface area (Å²) < 4.78 is 0. The Morgan fingerprint density at radius 3 is 2.35 bits per heavy atom. The summed E-state index contributed by atoms with van der Waals surface area (Å²) in [7, 11) is 1.91. The number of nitrogens with one attached hydrogen (secondary N) is 2. The van der Waals surface area contributed by atoms with Crippen LogP contribution in [0.5, 0.6) is 0 Å². The van der Waals surface area contributed by atoms with Crippen LogP contribution in [0.25, 0.3) is 0 Å². The zero-order chi connectivity index (χ0) is 12.8. The van der Waals surface area contributed by atoms with Gasteiger partial charge in [-0.1, -0.05) is 6.92 Å². The van der Waals surface area contributed by atoms with Crippen LogP contribution in [0.1, 0.15) is 46.5 Å². The van der Waals surface area contributed by atoms with Crippen molar-refractivity contribution in [2.24, 2.45) is 0 Å². The molecule has 1 fully saturated rings. The maximum absolute atomic E-state index is 11.9. The SMILES string of the molecule is CCNC1CCC(N(C)C(=O)NC(C)C)CC1. The number of carbonyl (C=O) groups is 1. The van der Waals surface area contributed by atoms with Gasteiger partial charge in [0.1, 0.15) is 0 Å². The first kappa shape index (κ1) is 14.3. The Balaban J connectivity index is 2.35. The molecule has 4 nitrogen and oxygen atoms in total. The van der Waals surface area contributed by atoms with Gasteiger partial charge in [-0.15, -0.1) is 0 Å². The first-order chi connectivity index (χ1) is 8.04. The summed E-state index contributed by atoms with van der Waals surface area (Å²) >= 11 is 0. The Labute approximate surface area is 105 Å². The Morgan fingerprint density at radius 2 is 1.88 bits per heavy atom. The second-order valence-electron chi connectivity index (χ2n) is 5.28. The van der Waals surface area contributed by atoms with E-state index >= 15 is 0 Å². The average Bonchev–Trinajstić information content (AvgIpc) is 2.28. The van der Waals surface area contributed by atoms with E-state index in [-0.39, 0.29) is 12.1 Å². The Morgan fingerprint density at radius 1 is 1.29 bits per heavy atom. The van der Waals surface area contributed by atoms with E-state index in [4.69, 9.17) is 0 Å². The van der Waals surface area contributed by atoms with Crippen LogP contribution >= 0.6 is 0 Å². The smallest absolute Gasteiger partial charge is 0.317 e. The molecule has 17 heavy (non-hydrogen) atoms. The number of hydrogen-bond donors (Lipinski definition) is 2. The third-order valence-electron chi connectivity index (χ3n) is 3.47. The van der Waals surface area contributed by atoms with Crippen molar-refractivity contribution in [2.45, 2.75) is 64.6 Å². The first-order valence-corrected chi connectivity index (χ1v) is 6.81. The Kier molecular flexibility index (Phi) is 5.75. The zero-order valence-electron chi connectivity index (χ0n) is 11.6. The molecule has 0 aromatic rings. The van der Waals surface area contributed by atoms with Gasteiger partial charge in [0.15, 0.2) is 0 Å². The minimum absolute atomic E-state index is 0.0619. The lowest BCUT2D eigenvalue weighted by Crippen LogP contribution is -2.48. The molecule has 1 rings (SSSR count). The van der Waals surface area contributed by atoms with Crippen molar-refractivity contribution in [2.75, 3.05) is 13.6 Å². The fourth-order valence-electron chi connectivity index (χ4n) is 2.47. The van der Waals surface area contributed by atoms with Crippen LogP contribution in [0.4, 0.5) is 4.79 Å². The van der Waals surface area contributed by atoms with Crippen molar-refractivity contribution in [1.29, 1.82) is 0 Å². The number of nitrogens with zero attached hydrogens (tertiary/aromatic N) is 1. The number of rotatable bonds is 4. The highest BCUT2D eigenvalue weighted by atomic mass is 16.2. The van der Waals surface area contributed by atoms with Gasteiger partial charge in [0, 0.05) is 25.2 Å². The number of hydrogen-bond acceptors (Lipinski definition) is 2. The van der Waals surface area contributed by atoms with Gasteiger partial charge in [0.05, 0.1) is 0 Å². The quantitative estimate of drug-likeness (QED) is 0.790. The lowest BCUT2D eigenvalue weighted by atomic mass is 9.90. The summed E-state index contributed by atoms with van der Waals surface area (Å²) in [5, 5.41) is 6.43. The summed E-state index contributed by atoms with van der Waals surface area (Å²) in [5.41, 5.74) is 0. The van der Waals surface area contributed by atoms with Crippen LogP contribution in [0.2, 0.25) is 0 Å². The summed E-state index contributed by atoms with van der Waals surface area (Å²) in [6.45, 7) is 7.18. The monoisotopic (exact) mass is 241 g/mol. The molecular weight excluding hydrogens is 214 g/mol. The van der Waals surface area contributed by atoms with E-state index in [0.29, 0.717) is 12.1 Å². The highest BCUT2D eigenvalue weighted by Gasteiger charge is 2.26. The molecule has 0 aromatic carbocycles. The lowest BCUT2D eigenvalue weighted by Gasteiger charge is -2.35. The van der Waals surface area contributed by atoms with Crippen molar-refractivity contribution < 1.29 is 4.79 Å². The zero-order valence-corrected chi connectivity index (χ0v) is 11.6. The highest BCUT2D eigenvalue weighted by molar-refractivity contribution is 5.74. The largest absolute Gasteiger partial charge is 0.336 e. The van der Waals surface area contributed by atoms with E-state index in [1.54, 1.807) is 0 Å². The highest BCUT2D eigenvalue weighted by Crippen LogP contribution is 2.22. The second kappa shape index (κ2) is 6.84. The predicted octanol–water partition coefficient (Wildman–Crippen LogP) is 1.96. The molecule has 0 unspecified atom stereocenters. The summed E-state index contributed by atoms with van der Waals surface area (Å²) in [6.07, 6.45) is 4.58. The van der Waals surface area contributed by atoms with Crippen LogP contribution in [-0.2, 0) is 0 Å². The van der Waals surface area contributed by atoms with Crippen LogP contribution in [0.3, 0.4) is 0 Å². The molecule has 1 saturated carbocycles. The van der Waals surface area contributed by atoms with Crippen LogP contribution in [0, 0.1) is 0 Å². The van der Waals surface area contributed by atoms with Gasteiger partial charge in [0.2, 0.25) is 0 Å². The van der Waals surface area contributed by atoms with Crippen molar-refractivity contribution in [3.05, 3.63) is 0 Å². The molecule has 1 aliphatic rings. The maximum atomic E-state index is 11.9. The minimum atomic E-state index is 0.0619. The summed E-state index contributed by atoms with van der Waals surface area (Å²) in [5.74, 6) is 0. The fourth-order valence-corrected chi connectivity index (χ4v) is 2.47. The molecule has 0 saturated heterocycles. The van der Waals surface area contributed by atoms with Crippen molar-refractivity contribution >= 4 is 6.03 Å². The Hall–Kier alpha value is -0.770. The normalized spacial score (nSPS) is 24.8. The third-order valence-corrected chi connectivity index (χ3v) is 3.47. The van der Waals surface area contributed by atoms with Crippen molar-refractivity contribution in [3.8, 4) is 0 Å².